The Kier molecular flexibility index (Phi) is 5.35. The molecule has 1 aromatic rings. The standard InChI is InChI=1S/C14H27N3O/c1-6-7-17(8-9-18)11-12-10-16(5)15-13(12)14(2,3)4/h10,18H,6-9,11H2,1-5H3. The third kappa shape index (κ3) is 4.10. The van der Waals surface area contributed by atoms with E-state index in [9.17, 15) is 0 Å². The molecule has 0 saturated carbocycles. The predicted molar refractivity (Wildman–Crippen MR) is 74.6 cm³/mol. The highest BCUT2D eigenvalue weighted by atomic mass is 16.3. The van der Waals surface area contributed by atoms with Gasteiger partial charge in [0.1, 0.15) is 0 Å². The lowest BCUT2D eigenvalue weighted by molar-refractivity contribution is 0.189. The minimum absolute atomic E-state index is 0.0632. The molecule has 18 heavy (non-hydrogen) atoms. The highest BCUT2D eigenvalue weighted by molar-refractivity contribution is 5.23. The Morgan fingerprint density at radius 2 is 2.00 bits per heavy atom. The molecule has 0 amide bonds. The van der Waals surface area contributed by atoms with Gasteiger partial charge in [0.15, 0.2) is 0 Å². The van der Waals surface area contributed by atoms with Crippen molar-refractivity contribution in [2.75, 3.05) is 19.7 Å². The first kappa shape index (κ1) is 15.2. The molecule has 0 saturated heterocycles. The summed E-state index contributed by atoms with van der Waals surface area (Å²) in [5.74, 6) is 0. The Hall–Kier alpha value is -0.870. The number of nitrogens with zero attached hydrogens (tertiary/aromatic N) is 3. The lowest BCUT2D eigenvalue weighted by Gasteiger charge is -2.23. The molecular weight excluding hydrogens is 226 g/mol. The Morgan fingerprint density at radius 1 is 1.33 bits per heavy atom. The van der Waals surface area contributed by atoms with Crippen LogP contribution < -0.4 is 0 Å². The monoisotopic (exact) mass is 253 g/mol. The van der Waals surface area contributed by atoms with Gasteiger partial charge < -0.3 is 5.11 Å². The van der Waals surface area contributed by atoms with Crippen LogP contribution in [0.15, 0.2) is 6.20 Å². The fraction of sp³-hybridized carbons (Fsp3) is 0.786. The van der Waals surface area contributed by atoms with E-state index in [4.69, 9.17) is 5.11 Å². The molecule has 0 bridgehead atoms. The van der Waals surface area contributed by atoms with Crippen LogP contribution in [0, 0.1) is 0 Å². The molecule has 0 unspecified atom stereocenters. The SMILES string of the molecule is CCCN(CCO)Cc1cn(C)nc1C(C)(C)C. The van der Waals surface area contributed by atoms with Crippen molar-refractivity contribution in [1.29, 1.82) is 0 Å². The van der Waals surface area contributed by atoms with E-state index in [1.165, 1.54) is 5.56 Å². The molecule has 0 aliphatic rings. The Balaban J connectivity index is 2.88. The minimum Gasteiger partial charge on any atom is -0.395 e. The van der Waals surface area contributed by atoms with Crippen molar-refractivity contribution >= 4 is 0 Å². The lowest BCUT2D eigenvalue weighted by atomic mass is 9.89. The Morgan fingerprint density at radius 3 is 2.50 bits per heavy atom. The van der Waals surface area contributed by atoms with Crippen molar-refractivity contribution < 1.29 is 5.11 Å². The molecule has 1 N–H and O–H groups in total. The van der Waals surface area contributed by atoms with Crippen LogP contribution in [0.5, 0.6) is 0 Å². The van der Waals surface area contributed by atoms with Gasteiger partial charge in [0.2, 0.25) is 0 Å². The smallest absolute Gasteiger partial charge is 0.0722 e. The van der Waals surface area contributed by atoms with Crippen LogP contribution in [-0.4, -0.2) is 39.5 Å². The number of hydrogen-bond acceptors (Lipinski definition) is 3. The second-order valence-electron chi connectivity index (χ2n) is 5.93. The Labute approximate surface area is 111 Å². The number of aliphatic hydroxyl groups excluding tert-OH is 1. The summed E-state index contributed by atoms with van der Waals surface area (Å²) in [6, 6.07) is 0. The molecule has 1 rings (SSSR count). The topological polar surface area (TPSA) is 41.3 Å². The lowest BCUT2D eigenvalue weighted by Crippen LogP contribution is -2.28. The summed E-state index contributed by atoms with van der Waals surface area (Å²) in [5.41, 5.74) is 2.49. The highest BCUT2D eigenvalue weighted by Crippen LogP contribution is 2.25. The zero-order valence-corrected chi connectivity index (χ0v) is 12.4. The molecule has 0 aromatic carbocycles. The quantitative estimate of drug-likeness (QED) is 0.842. The van der Waals surface area contributed by atoms with Crippen molar-refractivity contribution in [3.63, 3.8) is 0 Å². The summed E-state index contributed by atoms with van der Waals surface area (Å²) >= 11 is 0. The van der Waals surface area contributed by atoms with Crippen molar-refractivity contribution in [1.82, 2.24) is 14.7 Å². The number of aryl methyl sites for hydroxylation is 1. The molecular formula is C14H27N3O. The minimum atomic E-state index is 0.0632. The number of aliphatic hydroxyl groups is 1. The van der Waals surface area contributed by atoms with Crippen molar-refractivity contribution in [3.8, 4) is 0 Å². The number of hydrogen-bond donors (Lipinski definition) is 1. The van der Waals surface area contributed by atoms with Crippen LogP contribution in [0.4, 0.5) is 0 Å². The number of aromatic nitrogens is 2. The second-order valence-corrected chi connectivity index (χ2v) is 5.93. The molecule has 104 valence electrons. The molecule has 0 atom stereocenters. The second kappa shape index (κ2) is 6.34. The summed E-state index contributed by atoms with van der Waals surface area (Å²) < 4.78 is 1.89. The zero-order chi connectivity index (χ0) is 13.8. The predicted octanol–water partition coefficient (Wildman–Crippen LogP) is 1.92. The van der Waals surface area contributed by atoms with Gasteiger partial charge in [-0.2, -0.15) is 5.10 Å². The van der Waals surface area contributed by atoms with Gasteiger partial charge in [-0.1, -0.05) is 27.7 Å². The fourth-order valence-corrected chi connectivity index (χ4v) is 2.25. The molecule has 0 spiro atoms. The third-order valence-electron chi connectivity index (χ3n) is 2.96. The van der Waals surface area contributed by atoms with Gasteiger partial charge in [0.25, 0.3) is 0 Å². The van der Waals surface area contributed by atoms with Crippen LogP contribution in [0.2, 0.25) is 0 Å². The molecule has 0 aliphatic carbocycles. The van der Waals surface area contributed by atoms with E-state index < -0.39 is 0 Å². The van der Waals surface area contributed by atoms with Gasteiger partial charge in [-0.15, -0.1) is 0 Å². The van der Waals surface area contributed by atoms with E-state index in [0.29, 0.717) is 0 Å². The molecule has 1 aromatic heterocycles. The largest absolute Gasteiger partial charge is 0.395 e. The van der Waals surface area contributed by atoms with Gasteiger partial charge in [0.05, 0.1) is 12.3 Å². The van der Waals surface area contributed by atoms with Crippen LogP contribution in [-0.2, 0) is 19.0 Å². The van der Waals surface area contributed by atoms with Crippen molar-refractivity contribution in [3.05, 3.63) is 17.5 Å². The molecule has 4 heteroatoms. The molecule has 4 nitrogen and oxygen atoms in total. The number of rotatable bonds is 6. The first-order valence-corrected chi connectivity index (χ1v) is 6.74. The van der Waals surface area contributed by atoms with E-state index in [-0.39, 0.29) is 12.0 Å². The van der Waals surface area contributed by atoms with Crippen molar-refractivity contribution in [2.45, 2.75) is 46.1 Å². The van der Waals surface area contributed by atoms with Gasteiger partial charge >= 0.3 is 0 Å². The van der Waals surface area contributed by atoms with E-state index in [1.54, 1.807) is 0 Å². The van der Waals surface area contributed by atoms with Crippen LogP contribution in [0.25, 0.3) is 0 Å². The third-order valence-corrected chi connectivity index (χ3v) is 2.96. The summed E-state index contributed by atoms with van der Waals surface area (Å²) in [7, 11) is 1.97. The van der Waals surface area contributed by atoms with Crippen LogP contribution in [0.1, 0.15) is 45.4 Å². The van der Waals surface area contributed by atoms with Crippen molar-refractivity contribution in [2.24, 2.45) is 7.05 Å². The molecule has 0 radical (unpaired) electrons. The van der Waals surface area contributed by atoms with Gasteiger partial charge in [-0.3, -0.25) is 9.58 Å². The molecule has 0 fully saturated rings. The van der Waals surface area contributed by atoms with Gasteiger partial charge in [-0.05, 0) is 13.0 Å². The first-order chi connectivity index (χ1) is 8.38. The van der Waals surface area contributed by atoms with Gasteiger partial charge in [-0.25, -0.2) is 0 Å². The summed E-state index contributed by atoms with van der Waals surface area (Å²) in [4.78, 5) is 2.28. The zero-order valence-electron chi connectivity index (χ0n) is 12.4. The first-order valence-electron chi connectivity index (χ1n) is 6.74. The maximum atomic E-state index is 9.11. The molecule has 0 aliphatic heterocycles. The van der Waals surface area contributed by atoms with E-state index in [1.807, 2.05) is 11.7 Å². The molecule has 1 heterocycles. The highest BCUT2D eigenvalue weighted by Gasteiger charge is 2.22. The summed E-state index contributed by atoms with van der Waals surface area (Å²) in [6.45, 7) is 11.6. The average Bonchev–Trinajstić information content (AvgIpc) is 2.60. The van der Waals surface area contributed by atoms with Crippen LogP contribution in [0.3, 0.4) is 0 Å². The van der Waals surface area contributed by atoms with Crippen LogP contribution >= 0.6 is 0 Å². The fourth-order valence-electron chi connectivity index (χ4n) is 2.25. The Bertz CT molecular complexity index is 360. The average molecular weight is 253 g/mol. The maximum absolute atomic E-state index is 9.11. The summed E-state index contributed by atoms with van der Waals surface area (Å²) in [5, 5.41) is 13.7. The normalized spacial score (nSPS) is 12.4. The summed E-state index contributed by atoms with van der Waals surface area (Å²) in [6.07, 6.45) is 3.20. The maximum Gasteiger partial charge on any atom is 0.0722 e. The van der Waals surface area contributed by atoms with E-state index in [0.717, 1.165) is 31.7 Å². The van der Waals surface area contributed by atoms with E-state index >= 15 is 0 Å². The van der Waals surface area contributed by atoms with E-state index in [2.05, 4.69) is 43.9 Å². The van der Waals surface area contributed by atoms with Gasteiger partial charge in [0, 0.05) is 37.3 Å².